The van der Waals surface area contributed by atoms with E-state index in [1.807, 2.05) is 6.20 Å². The largest absolute Gasteiger partial charge is 0.361 e. The zero-order valence-electron chi connectivity index (χ0n) is 16.0. The van der Waals surface area contributed by atoms with Crippen LogP contribution >= 0.6 is 0 Å². The third kappa shape index (κ3) is 2.83. The van der Waals surface area contributed by atoms with E-state index in [0.29, 0.717) is 17.4 Å². The standard InChI is InChI=1S/C22H30N2O/c1-21(2)19-11-10-18(24(4)15-16-8-6-5-7-9-16)13-22(19,3)12-17-14-23-25-20(17)21/h5-9,14,18-19H,10-13,15H2,1-4H3/t18-,19-,22+/m0/s1. The van der Waals surface area contributed by atoms with Gasteiger partial charge in [-0.1, -0.05) is 56.3 Å². The molecule has 0 unspecified atom stereocenters. The summed E-state index contributed by atoms with van der Waals surface area (Å²) in [6.45, 7) is 8.24. The van der Waals surface area contributed by atoms with Crippen LogP contribution in [0.2, 0.25) is 0 Å². The second-order valence-electron chi connectivity index (χ2n) is 9.12. The zero-order valence-corrected chi connectivity index (χ0v) is 16.0. The average molecular weight is 338 g/mol. The third-order valence-electron chi connectivity index (χ3n) is 6.92. The van der Waals surface area contributed by atoms with E-state index in [1.165, 1.54) is 30.4 Å². The van der Waals surface area contributed by atoms with Crippen LogP contribution < -0.4 is 0 Å². The fourth-order valence-electron chi connectivity index (χ4n) is 5.80. The van der Waals surface area contributed by atoms with Crippen molar-refractivity contribution in [1.29, 1.82) is 0 Å². The molecule has 0 saturated heterocycles. The minimum absolute atomic E-state index is 0.0851. The first-order valence-electron chi connectivity index (χ1n) is 9.58. The highest BCUT2D eigenvalue weighted by molar-refractivity contribution is 5.30. The number of hydrogen-bond acceptors (Lipinski definition) is 3. The van der Waals surface area contributed by atoms with Gasteiger partial charge in [0.15, 0.2) is 0 Å². The number of hydrogen-bond donors (Lipinski definition) is 0. The van der Waals surface area contributed by atoms with Crippen molar-refractivity contribution in [3.8, 4) is 0 Å². The minimum atomic E-state index is 0.0851. The lowest BCUT2D eigenvalue weighted by atomic mass is 9.51. The first-order valence-corrected chi connectivity index (χ1v) is 9.58. The fraction of sp³-hybridized carbons (Fsp3) is 0.591. The maximum absolute atomic E-state index is 5.66. The Kier molecular flexibility index (Phi) is 4.03. The zero-order chi connectivity index (χ0) is 17.7. The minimum Gasteiger partial charge on any atom is -0.361 e. The van der Waals surface area contributed by atoms with Crippen LogP contribution in [0.1, 0.15) is 56.9 Å². The molecule has 2 aliphatic carbocycles. The van der Waals surface area contributed by atoms with Gasteiger partial charge in [0.2, 0.25) is 0 Å². The summed E-state index contributed by atoms with van der Waals surface area (Å²) in [5, 5.41) is 4.11. The van der Waals surface area contributed by atoms with Crippen molar-refractivity contribution in [1.82, 2.24) is 10.1 Å². The van der Waals surface area contributed by atoms with Crippen LogP contribution in [0.4, 0.5) is 0 Å². The second kappa shape index (κ2) is 5.98. The normalized spacial score (nSPS) is 30.8. The van der Waals surface area contributed by atoms with Gasteiger partial charge in [0.1, 0.15) is 5.76 Å². The summed E-state index contributed by atoms with van der Waals surface area (Å²) in [4.78, 5) is 2.56. The topological polar surface area (TPSA) is 29.3 Å². The molecule has 25 heavy (non-hydrogen) atoms. The number of aromatic nitrogens is 1. The van der Waals surface area contributed by atoms with Gasteiger partial charge in [-0.05, 0) is 49.6 Å². The van der Waals surface area contributed by atoms with Gasteiger partial charge in [0.25, 0.3) is 0 Å². The van der Waals surface area contributed by atoms with Gasteiger partial charge >= 0.3 is 0 Å². The van der Waals surface area contributed by atoms with Gasteiger partial charge in [-0.2, -0.15) is 0 Å². The fourth-order valence-corrected chi connectivity index (χ4v) is 5.80. The number of fused-ring (bicyclic) bond motifs is 2. The molecule has 2 aromatic rings. The molecule has 0 N–H and O–H groups in total. The molecule has 0 bridgehead atoms. The molecule has 4 rings (SSSR count). The molecule has 1 heterocycles. The molecule has 1 aromatic carbocycles. The molecule has 3 nitrogen and oxygen atoms in total. The van der Waals surface area contributed by atoms with E-state index in [0.717, 1.165) is 18.7 Å². The van der Waals surface area contributed by atoms with E-state index in [1.54, 1.807) is 0 Å². The lowest BCUT2D eigenvalue weighted by molar-refractivity contribution is -0.0118. The first kappa shape index (κ1) is 16.8. The molecule has 0 amide bonds. The van der Waals surface area contributed by atoms with Gasteiger partial charge in [-0.25, -0.2) is 0 Å². The number of rotatable bonds is 3. The first-order chi connectivity index (χ1) is 11.9. The molecule has 1 aromatic heterocycles. The molecule has 3 heteroatoms. The van der Waals surface area contributed by atoms with Gasteiger partial charge in [-0.3, -0.25) is 4.90 Å². The number of nitrogens with zero attached hydrogens (tertiary/aromatic N) is 2. The quantitative estimate of drug-likeness (QED) is 0.804. The second-order valence-corrected chi connectivity index (χ2v) is 9.12. The van der Waals surface area contributed by atoms with Gasteiger partial charge in [0.05, 0.1) is 6.20 Å². The molecule has 1 saturated carbocycles. The Morgan fingerprint density at radius 3 is 2.68 bits per heavy atom. The molecule has 1 fully saturated rings. The Bertz CT molecular complexity index is 735. The predicted molar refractivity (Wildman–Crippen MR) is 100 cm³/mol. The van der Waals surface area contributed by atoms with E-state index in [4.69, 9.17) is 4.52 Å². The van der Waals surface area contributed by atoms with Gasteiger partial charge in [-0.15, -0.1) is 0 Å². The predicted octanol–water partition coefficient (Wildman–Crippen LogP) is 4.82. The van der Waals surface area contributed by atoms with Gasteiger partial charge in [0, 0.05) is 23.6 Å². The van der Waals surface area contributed by atoms with Crippen LogP contribution in [0.5, 0.6) is 0 Å². The van der Waals surface area contributed by atoms with Crippen LogP contribution in [0.3, 0.4) is 0 Å². The highest BCUT2D eigenvalue weighted by Gasteiger charge is 2.54. The van der Waals surface area contributed by atoms with Crippen LogP contribution in [0.15, 0.2) is 41.1 Å². The molecule has 0 radical (unpaired) electrons. The summed E-state index contributed by atoms with van der Waals surface area (Å²) >= 11 is 0. The monoisotopic (exact) mass is 338 g/mol. The Labute approximate surface area is 151 Å². The lowest BCUT2D eigenvalue weighted by Gasteiger charge is -2.55. The van der Waals surface area contributed by atoms with E-state index in [9.17, 15) is 0 Å². The van der Waals surface area contributed by atoms with E-state index < -0.39 is 0 Å². The van der Waals surface area contributed by atoms with Crippen molar-refractivity contribution < 1.29 is 4.52 Å². The maximum atomic E-state index is 5.66. The Morgan fingerprint density at radius 2 is 1.92 bits per heavy atom. The third-order valence-corrected chi connectivity index (χ3v) is 6.92. The van der Waals surface area contributed by atoms with Crippen molar-refractivity contribution in [2.75, 3.05) is 7.05 Å². The molecular weight excluding hydrogens is 308 g/mol. The summed E-state index contributed by atoms with van der Waals surface area (Å²) < 4.78 is 5.66. The SMILES string of the molecule is CN(Cc1ccccc1)[C@H]1CC[C@H]2C(C)(C)c3oncc3C[C@]2(C)C1. The molecule has 3 atom stereocenters. The van der Waals surface area contributed by atoms with Crippen LogP contribution in [-0.2, 0) is 18.4 Å². The highest BCUT2D eigenvalue weighted by Crippen LogP contribution is 2.57. The molecule has 134 valence electrons. The van der Waals surface area contributed by atoms with Crippen LogP contribution in [-0.4, -0.2) is 23.1 Å². The van der Waals surface area contributed by atoms with Crippen molar-refractivity contribution in [3.63, 3.8) is 0 Å². The Morgan fingerprint density at radius 1 is 1.16 bits per heavy atom. The highest BCUT2D eigenvalue weighted by atomic mass is 16.5. The maximum Gasteiger partial charge on any atom is 0.145 e. The summed E-state index contributed by atoms with van der Waals surface area (Å²) in [5.74, 6) is 1.80. The van der Waals surface area contributed by atoms with Crippen molar-refractivity contribution in [3.05, 3.63) is 53.4 Å². The summed E-state index contributed by atoms with van der Waals surface area (Å²) in [6.07, 6.45) is 6.87. The number of benzene rings is 1. The van der Waals surface area contributed by atoms with Crippen molar-refractivity contribution in [2.45, 2.75) is 64.5 Å². The molecule has 0 aliphatic heterocycles. The van der Waals surface area contributed by atoms with E-state index in [-0.39, 0.29) is 5.41 Å². The van der Waals surface area contributed by atoms with E-state index in [2.05, 4.69) is 68.2 Å². The summed E-state index contributed by atoms with van der Waals surface area (Å²) in [5.41, 5.74) is 3.15. The summed E-state index contributed by atoms with van der Waals surface area (Å²) in [6, 6.07) is 11.5. The van der Waals surface area contributed by atoms with Crippen molar-refractivity contribution in [2.24, 2.45) is 11.3 Å². The summed E-state index contributed by atoms with van der Waals surface area (Å²) in [7, 11) is 2.29. The van der Waals surface area contributed by atoms with Crippen LogP contribution in [0.25, 0.3) is 0 Å². The van der Waals surface area contributed by atoms with Crippen molar-refractivity contribution >= 4 is 0 Å². The smallest absolute Gasteiger partial charge is 0.145 e. The lowest BCUT2D eigenvalue weighted by Crippen LogP contribution is -2.52. The van der Waals surface area contributed by atoms with E-state index >= 15 is 0 Å². The Hall–Kier alpha value is -1.61. The molecule has 2 aliphatic rings. The average Bonchev–Trinajstić information content (AvgIpc) is 3.03. The molecular formula is C22H30N2O. The van der Waals surface area contributed by atoms with Gasteiger partial charge < -0.3 is 4.52 Å². The van der Waals surface area contributed by atoms with Crippen LogP contribution in [0, 0.1) is 11.3 Å². The molecule has 0 spiro atoms. The Balaban J connectivity index is 1.54.